The Kier molecular flexibility index (Phi) is 10.1. The summed E-state index contributed by atoms with van der Waals surface area (Å²) >= 11 is 0. The molecule has 6 N–H and O–H groups in total. The molecule has 326 valence electrons. The third-order valence-electron chi connectivity index (χ3n) is 12.1. The molecule has 0 fully saturated rings. The van der Waals surface area contributed by atoms with Crippen LogP contribution in [0, 0.1) is 0 Å². The Labute approximate surface area is 361 Å². The number of hydrogen-bond donors (Lipinski definition) is 6. The van der Waals surface area contributed by atoms with Crippen molar-refractivity contribution >= 4 is 58.1 Å². The quantitative estimate of drug-likeness (QED) is 0.0774. The SMILES string of the molecule is O=C1CC(c2cc(Nc3nc(NC4Cc5ccccc5C4)ncc3C(F)(F)F)cc3c2NC(=O)CC3)c2cc(Nc3ncc(C(F)(F)F)c(NC4Cc5ccccc5C4)n3)ccc2N1. The van der Waals surface area contributed by atoms with Crippen LogP contribution in [-0.4, -0.2) is 43.8 Å². The van der Waals surface area contributed by atoms with Crippen molar-refractivity contribution in [1.29, 1.82) is 0 Å². The maximum atomic E-state index is 14.5. The Balaban J connectivity index is 0.969. The minimum atomic E-state index is -4.81. The molecule has 1 unspecified atom stereocenters. The molecule has 0 bridgehead atoms. The van der Waals surface area contributed by atoms with Crippen molar-refractivity contribution in [2.75, 3.05) is 31.9 Å². The van der Waals surface area contributed by atoms with Crippen LogP contribution in [0.3, 0.4) is 0 Å². The zero-order valence-corrected chi connectivity index (χ0v) is 33.7. The molecule has 6 aromatic rings. The van der Waals surface area contributed by atoms with Crippen LogP contribution in [0.1, 0.15) is 68.8 Å². The molecule has 4 aliphatic rings. The highest BCUT2D eigenvalue weighted by atomic mass is 19.4. The number of aryl methyl sites for hydroxylation is 1. The summed E-state index contributed by atoms with van der Waals surface area (Å²) < 4.78 is 86.1. The number of benzene rings is 4. The van der Waals surface area contributed by atoms with E-state index in [1.54, 1.807) is 30.3 Å². The monoisotopic (exact) mass is 876 g/mol. The summed E-state index contributed by atoms with van der Waals surface area (Å²) in [7, 11) is 0. The second-order valence-electron chi connectivity index (χ2n) is 16.4. The van der Waals surface area contributed by atoms with Crippen LogP contribution in [0.2, 0.25) is 0 Å². The zero-order chi connectivity index (χ0) is 44.3. The molecule has 4 heterocycles. The van der Waals surface area contributed by atoms with Crippen molar-refractivity contribution in [1.82, 2.24) is 19.9 Å². The van der Waals surface area contributed by atoms with Crippen LogP contribution in [-0.2, 0) is 54.0 Å². The van der Waals surface area contributed by atoms with E-state index in [4.69, 9.17) is 0 Å². The molecule has 0 saturated heterocycles. The van der Waals surface area contributed by atoms with Gasteiger partial charge in [0, 0.05) is 66.0 Å². The highest BCUT2D eigenvalue weighted by Gasteiger charge is 2.38. The average Bonchev–Trinajstić information content (AvgIpc) is 3.86. The fraction of sp³-hybridized carbons (Fsp3) is 0.261. The summed E-state index contributed by atoms with van der Waals surface area (Å²) in [6.45, 7) is 0. The topological polar surface area (TPSA) is 158 Å². The Morgan fingerprint density at radius 1 is 0.547 bits per heavy atom. The number of fused-ring (bicyclic) bond motifs is 4. The standard InChI is InChI=1S/C46H38F6N10O2/c47-45(48,49)35-21-53-43(61-41(35)55-29-13-23-5-1-2-6-24(23)14-29)57-28-10-11-37-33(18-28)32(20-39(64)59-37)34-19-31(17-27-9-12-38(63)60-40(27)34)56-42-36(46(50,51)52)22-54-44(62-42)58-30-15-25-7-3-4-8-26(25)16-30/h1-8,10-11,17-19,21-22,29-30,32H,9,12-16,20H2,(H,59,64)(H,60,63)(H2,53,55,57,61)(H2,54,56,58,62). The van der Waals surface area contributed by atoms with Gasteiger partial charge in [0.1, 0.15) is 22.8 Å². The Morgan fingerprint density at radius 2 is 1.12 bits per heavy atom. The first-order chi connectivity index (χ1) is 30.7. The van der Waals surface area contributed by atoms with Crippen LogP contribution in [0.25, 0.3) is 0 Å². The number of nitrogens with zero attached hydrogens (tertiary/aromatic N) is 4. The molecule has 1 atom stereocenters. The maximum absolute atomic E-state index is 14.5. The predicted molar refractivity (Wildman–Crippen MR) is 228 cm³/mol. The van der Waals surface area contributed by atoms with E-state index in [9.17, 15) is 35.9 Å². The smallest absolute Gasteiger partial charge is 0.366 e. The Bertz CT molecular complexity index is 2800. The minimum Gasteiger partial charge on any atom is -0.366 e. The minimum absolute atomic E-state index is 0.0145. The lowest BCUT2D eigenvalue weighted by atomic mass is 9.81. The second-order valence-corrected chi connectivity index (χ2v) is 16.4. The van der Waals surface area contributed by atoms with E-state index in [0.717, 1.165) is 34.6 Å². The van der Waals surface area contributed by atoms with E-state index in [0.29, 0.717) is 59.4 Å². The van der Waals surface area contributed by atoms with Crippen molar-refractivity contribution < 1.29 is 35.9 Å². The molecule has 12 nitrogen and oxygen atoms in total. The van der Waals surface area contributed by atoms with Crippen molar-refractivity contribution in [2.24, 2.45) is 0 Å². The first-order valence-electron chi connectivity index (χ1n) is 20.7. The number of hydrogen-bond acceptors (Lipinski definition) is 10. The highest BCUT2D eigenvalue weighted by Crippen LogP contribution is 2.46. The first kappa shape index (κ1) is 40.8. The zero-order valence-electron chi connectivity index (χ0n) is 33.7. The maximum Gasteiger partial charge on any atom is 0.421 e. The Hall–Kier alpha value is -7.24. The summed E-state index contributed by atoms with van der Waals surface area (Å²) in [5, 5.41) is 17.9. The first-order valence-corrected chi connectivity index (χ1v) is 20.7. The van der Waals surface area contributed by atoms with Gasteiger partial charge in [0.15, 0.2) is 0 Å². The van der Waals surface area contributed by atoms with E-state index >= 15 is 0 Å². The molecule has 2 aromatic heterocycles. The van der Waals surface area contributed by atoms with Crippen molar-refractivity contribution in [3.05, 3.63) is 141 Å². The summed E-state index contributed by atoms with van der Waals surface area (Å²) in [4.78, 5) is 42.7. The van der Waals surface area contributed by atoms with Gasteiger partial charge >= 0.3 is 12.4 Å². The molecule has 2 amide bonds. The molecule has 18 heteroatoms. The predicted octanol–water partition coefficient (Wildman–Crippen LogP) is 9.31. The Morgan fingerprint density at radius 3 is 1.77 bits per heavy atom. The van der Waals surface area contributed by atoms with Gasteiger partial charge < -0.3 is 31.9 Å². The number of nitrogens with one attached hydrogen (secondary N) is 6. The third kappa shape index (κ3) is 8.22. The number of carbonyl (C=O) groups excluding carboxylic acids is 2. The third-order valence-corrected chi connectivity index (χ3v) is 12.1. The van der Waals surface area contributed by atoms with Crippen LogP contribution < -0.4 is 31.9 Å². The lowest BCUT2D eigenvalue weighted by Gasteiger charge is -2.31. The van der Waals surface area contributed by atoms with Gasteiger partial charge in [-0.25, -0.2) is 9.97 Å². The molecule has 10 rings (SSSR count). The summed E-state index contributed by atoms with van der Waals surface area (Å²) in [6.07, 6.45) is -5.42. The van der Waals surface area contributed by atoms with Crippen molar-refractivity contribution in [3.63, 3.8) is 0 Å². The number of alkyl halides is 6. The fourth-order valence-electron chi connectivity index (χ4n) is 9.17. The van der Waals surface area contributed by atoms with Gasteiger partial charge in [-0.1, -0.05) is 48.5 Å². The van der Waals surface area contributed by atoms with Crippen LogP contribution in [0.4, 0.5) is 72.6 Å². The van der Waals surface area contributed by atoms with Crippen LogP contribution in [0.15, 0.2) is 91.3 Å². The number of amides is 2. The molecule has 2 aliphatic carbocycles. The van der Waals surface area contributed by atoms with E-state index in [1.807, 2.05) is 48.5 Å². The summed E-state index contributed by atoms with van der Waals surface area (Å²) in [5.41, 5.74) is 5.41. The van der Waals surface area contributed by atoms with Crippen LogP contribution in [0.5, 0.6) is 0 Å². The van der Waals surface area contributed by atoms with E-state index in [-0.39, 0.29) is 66.6 Å². The van der Waals surface area contributed by atoms with E-state index < -0.39 is 35.2 Å². The van der Waals surface area contributed by atoms with Crippen LogP contribution >= 0.6 is 0 Å². The number of carbonyl (C=O) groups is 2. The van der Waals surface area contributed by atoms with Crippen molar-refractivity contribution in [2.45, 2.75) is 75.3 Å². The molecule has 0 saturated carbocycles. The lowest BCUT2D eigenvalue weighted by molar-refractivity contribution is -0.138. The van der Waals surface area contributed by atoms with Gasteiger partial charge in [-0.15, -0.1) is 0 Å². The highest BCUT2D eigenvalue weighted by molar-refractivity contribution is 5.99. The van der Waals surface area contributed by atoms with Gasteiger partial charge in [0.05, 0.1) is 0 Å². The fourth-order valence-corrected chi connectivity index (χ4v) is 9.17. The summed E-state index contributed by atoms with van der Waals surface area (Å²) in [5.74, 6) is -2.30. The molecule has 64 heavy (non-hydrogen) atoms. The number of halogens is 6. The molecular formula is C46H38F6N10O2. The normalized spacial score (nSPS) is 17.1. The second kappa shape index (κ2) is 15.8. The number of anilines is 8. The molecule has 4 aromatic carbocycles. The van der Waals surface area contributed by atoms with Gasteiger partial charge in [0.25, 0.3) is 0 Å². The summed E-state index contributed by atoms with van der Waals surface area (Å²) in [6, 6.07) is 23.3. The van der Waals surface area contributed by atoms with Gasteiger partial charge in [-0.2, -0.15) is 36.3 Å². The molecular weight excluding hydrogens is 839 g/mol. The number of aromatic nitrogens is 4. The molecule has 2 aliphatic heterocycles. The van der Waals surface area contributed by atoms with E-state index in [1.165, 1.54) is 0 Å². The van der Waals surface area contributed by atoms with Crippen molar-refractivity contribution in [3.8, 4) is 0 Å². The lowest BCUT2D eigenvalue weighted by Crippen LogP contribution is -2.26. The van der Waals surface area contributed by atoms with Gasteiger partial charge in [0.2, 0.25) is 23.7 Å². The number of rotatable bonds is 9. The largest absolute Gasteiger partial charge is 0.421 e. The van der Waals surface area contributed by atoms with Gasteiger partial charge in [-0.3, -0.25) is 9.59 Å². The molecule has 0 spiro atoms. The van der Waals surface area contributed by atoms with Gasteiger partial charge in [-0.05, 0) is 101 Å². The average molecular weight is 877 g/mol. The van der Waals surface area contributed by atoms with E-state index in [2.05, 4.69) is 51.8 Å². The molecule has 0 radical (unpaired) electrons.